The molecule has 33 heavy (non-hydrogen) atoms. The van der Waals surface area contributed by atoms with Gasteiger partial charge in [-0.1, -0.05) is 6.07 Å². The van der Waals surface area contributed by atoms with Crippen molar-refractivity contribution in [3.05, 3.63) is 47.5 Å². The summed E-state index contributed by atoms with van der Waals surface area (Å²) >= 11 is 0. The molecular weight excluding hydrogens is 448 g/mol. The summed E-state index contributed by atoms with van der Waals surface area (Å²) in [6.45, 7) is 2.05. The Morgan fingerprint density at radius 3 is 2.61 bits per heavy atom. The van der Waals surface area contributed by atoms with E-state index >= 15 is 0 Å². The molecule has 0 fully saturated rings. The monoisotopic (exact) mass is 474 g/mol. The smallest absolute Gasteiger partial charge is 0.307 e. The van der Waals surface area contributed by atoms with Crippen molar-refractivity contribution in [2.75, 3.05) is 25.1 Å². The zero-order valence-electron chi connectivity index (χ0n) is 18.3. The van der Waals surface area contributed by atoms with Gasteiger partial charge in [-0.3, -0.25) is 9.59 Å². The second-order valence-corrected chi connectivity index (χ2v) is 9.68. The van der Waals surface area contributed by atoms with Gasteiger partial charge >= 0.3 is 5.97 Å². The molecule has 0 radical (unpaired) electrons. The highest BCUT2D eigenvalue weighted by molar-refractivity contribution is 7.89. The van der Waals surface area contributed by atoms with E-state index in [0.717, 1.165) is 19.3 Å². The van der Waals surface area contributed by atoms with Crippen LogP contribution in [0.2, 0.25) is 0 Å². The Balaban J connectivity index is 1.24. The quantitative estimate of drug-likeness (QED) is 0.563. The number of carbonyl (C=O) groups is 2. The normalized spacial score (nSPS) is 15.4. The highest BCUT2D eigenvalue weighted by Crippen LogP contribution is 2.32. The molecule has 1 amide bonds. The largest absolute Gasteiger partial charge is 0.486 e. The molecule has 2 N–H and O–H groups in total. The van der Waals surface area contributed by atoms with Gasteiger partial charge in [0.05, 0.1) is 11.3 Å². The standard InChI is InChI=1S/C23H26N2O7S/c1-15(23(27)25-18-6-5-16-3-2-4-17(16)13-18)32-22(26)9-10-24-33(28,29)19-7-8-20-21(14-19)31-12-11-30-20/h5-8,13-15,24H,2-4,9-12H2,1H3,(H,25,27)/t15-/m0/s1. The number of aryl methyl sites for hydroxylation is 2. The number of rotatable bonds is 8. The number of hydrogen-bond donors (Lipinski definition) is 2. The van der Waals surface area contributed by atoms with E-state index in [1.807, 2.05) is 18.2 Å². The molecule has 0 aromatic heterocycles. The molecule has 2 aromatic rings. The van der Waals surface area contributed by atoms with E-state index in [9.17, 15) is 18.0 Å². The van der Waals surface area contributed by atoms with Crippen LogP contribution < -0.4 is 19.5 Å². The van der Waals surface area contributed by atoms with E-state index in [1.54, 1.807) is 0 Å². The first-order valence-corrected chi connectivity index (χ1v) is 12.3. The third-order valence-electron chi connectivity index (χ3n) is 5.49. The van der Waals surface area contributed by atoms with Gasteiger partial charge in [0.15, 0.2) is 17.6 Å². The van der Waals surface area contributed by atoms with E-state index in [0.29, 0.717) is 30.4 Å². The SMILES string of the molecule is C[C@H](OC(=O)CCNS(=O)(=O)c1ccc2c(c1)OCCO2)C(=O)Nc1ccc2c(c1)CCC2. The van der Waals surface area contributed by atoms with Crippen LogP contribution in [0.3, 0.4) is 0 Å². The molecule has 0 unspecified atom stereocenters. The summed E-state index contributed by atoms with van der Waals surface area (Å²) in [7, 11) is -3.85. The van der Waals surface area contributed by atoms with Crippen LogP contribution in [0.25, 0.3) is 0 Å². The number of benzene rings is 2. The van der Waals surface area contributed by atoms with Gasteiger partial charge in [-0.05, 0) is 61.6 Å². The third kappa shape index (κ3) is 5.63. The Morgan fingerprint density at radius 1 is 1.03 bits per heavy atom. The predicted molar refractivity (Wildman–Crippen MR) is 120 cm³/mol. The minimum absolute atomic E-state index is 0.00205. The first-order chi connectivity index (χ1) is 15.8. The molecule has 9 nitrogen and oxygen atoms in total. The summed E-state index contributed by atoms with van der Waals surface area (Å²) in [6.07, 6.45) is 1.92. The molecule has 4 rings (SSSR count). The number of carbonyl (C=O) groups excluding carboxylic acids is 2. The molecular formula is C23H26N2O7S. The van der Waals surface area contributed by atoms with Gasteiger partial charge in [0.25, 0.3) is 5.91 Å². The van der Waals surface area contributed by atoms with Crippen molar-refractivity contribution in [3.8, 4) is 11.5 Å². The van der Waals surface area contributed by atoms with Crippen molar-refractivity contribution < 1.29 is 32.2 Å². The molecule has 1 atom stereocenters. The zero-order chi connectivity index (χ0) is 23.4. The summed E-state index contributed by atoms with van der Waals surface area (Å²) in [6, 6.07) is 10.1. The molecule has 10 heteroatoms. The molecule has 1 aliphatic heterocycles. The van der Waals surface area contributed by atoms with Crippen molar-refractivity contribution in [2.45, 2.75) is 43.6 Å². The van der Waals surface area contributed by atoms with E-state index in [-0.39, 0.29) is 17.9 Å². The molecule has 2 aromatic carbocycles. The second kappa shape index (κ2) is 9.80. The van der Waals surface area contributed by atoms with Crippen LogP contribution in [-0.2, 0) is 37.2 Å². The third-order valence-corrected chi connectivity index (χ3v) is 6.95. The Hall–Kier alpha value is -3.11. The fourth-order valence-electron chi connectivity index (χ4n) is 3.76. The van der Waals surface area contributed by atoms with E-state index in [2.05, 4.69) is 10.0 Å². The highest BCUT2D eigenvalue weighted by atomic mass is 32.2. The first-order valence-electron chi connectivity index (χ1n) is 10.8. The molecule has 0 bridgehead atoms. The number of sulfonamides is 1. The van der Waals surface area contributed by atoms with Crippen LogP contribution in [0, 0.1) is 0 Å². The number of amides is 1. The van der Waals surface area contributed by atoms with Crippen molar-refractivity contribution >= 4 is 27.6 Å². The van der Waals surface area contributed by atoms with Gasteiger partial charge in [-0.15, -0.1) is 0 Å². The van der Waals surface area contributed by atoms with E-state index < -0.39 is 28.0 Å². The molecule has 0 spiro atoms. The van der Waals surface area contributed by atoms with Crippen molar-refractivity contribution in [1.82, 2.24) is 4.72 Å². The maximum atomic E-state index is 12.5. The number of ether oxygens (including phenoxy) is 3. The zero-order valence-corrected chi connectivity index (χ0v) is 19.1. The predicted octanol–water partition coefficient (Wildman–Crippen LogP) is 2.19. The average molecular weight is 475 g/mol. The van der Waals surface area contributed by atoms with Crippen LogP contribution in [0.4, 0.5) is 5.69 Å². The number of nitrogens with one attached hydrogen (secondary N) is 2. The fourth-order valence-corrected chi connectivity index (χ4v) is 4.81. The average Bonchev–Trinajstić information content (AvgIpc) is 3.26. The maximum absolute atomic E-state index is 12.5. The minimum atomic E-state index is -3.85. The Morgan fingerprint density at radius 2 is 1.79 bits per heavy atom. The number of hydrogen-bond acceptors (Lipinski definition) is 7. The summed E-state index contributed by atoms with van der Waals surface area (Å²) in [5.74, 6) is -0.294. The van der Waals surface area contributed by atoms with Gasteiger partial charge in [-0.2, -0.15) is 0 Å². The van der Waals surface area contributed by atoms with Gasteiger partial charge < -0.3 is 19.5 Å². The van der Waals surface area contributed by atoms with Gasteiger partial charge in [0, 0.05) is 18.3 Å². The lowest BCUT2D eigenvalue weighted by molar-refractivity contribution is -0.152. The summed E-state index contributed by atoms with van der Waals surface area (Å²) in [5.41, 5.74) is 3.18. The van der Waals surface area contributed by atoms with Crippen LogP contribution in [-0.4, -0.2) is 46.2 Å². The lowest BCUT2D eigenvalue weighted by Crippen LogP contribution is -2.32. The van der Waals surface area contributed by atoms with E-state index in [1.165, 1.54) is 36.2 Å². The van der Waals surface area contributed by atoms with Crippen molar-refractivity contribution in [3.63, 3.8) is 0 Å². The van der Waals surface area contributed by atoms with Crippen LogP contribution in [0.15, 0.2) is 41.3 Å². The summed E-state index contributed by atoms with van der Waals surface area (Å²) in [4.78, 5) is 24.5. The molecule has 176 valence electrons. The number of fused-ring (bicyclic) bond motifs is 2. The van der Waals surface area contributed by atoms with Crippen LogP contribution in [0.5, 0.6) is 11.5 Å². The minimum Gasteiger partial charge on any atom is -0.486 e. The molecule has 2 aliphatic rings. The van der Waals surface area contributed by atoms with Gasteiger partial charge in [0.1, 0.15) is 13.2 Å². The Bertz CT molecular complexity index is 1160. The topological polar surface area (TPSA) is 120 Å². The lowest BCUT2D eigenvalue weighted by Gasteiger charge is -2.19. The van der Waals surface area contributed by atoms with Gasteiger partial charge in [-0.25, -0.2) is 13.1 Å². The molecule has 0 saturated carbocycles. The lowest BCUT2D eigenvalue weighted by atomic mass is 10.1. The van der Waals surface area contributed by atoms with Crippen LogP contribution in [0.1, 0.15) is 30.9 Å². The molecule has 0 saturated heterocycles. The summed E-state index contributed by atoms with van der Waals surface area (Å²) in [5, 5.41) is 2.75. The number of anilines is 1. The molecule has 1 heterocycles. The Labute approximate surface area is 192 Å². The van der Waals surface area contributed by atoms with Crippen molar-refractivity contribution in [2.24, 2.45) is 0 Å². The van der Waals surface area contributed by atoms with E-state index in [4.69, 9.17) is 14.2 Å². The number of esters is 1. The highest BCUT2D eigenvalue weighted by Gasteiger charge is 2.22. The summed E-state index contributed by atoms with van der Waals surface area (Å²) < 4.78 is 43.3. The van der Waals surface area contributed by atoms with Crippen LogP contribution >= 0.6 is 0 Å². The molecule has 1 aliphatic carbocycles. The fraction of sp³-hybridized carbons (Fsp3) is 0.391. The first kappa shape index (κ1) is 23.1. The van der Waals surface area contributed by atoms with Crippen molar-refractivity contribution in [1.29, 1.82) is 0 Å². The maximum Gasteiger partial charge on any atom is 0.307 e. The second-order valence-electron chi connectivity index (χ2n) is 7.91. The van der Waals surface area contributed by atoms with Gasteiger partial charge in [0.2, 0.25) is 10.0 Å². The Kier molecular flexibility index (Phi) is 6.85.